The molecule has 0 aromatic heterocycles. The Morgan fingerprint density at radius 2 is 2.12 bits per heavy atom. The fourth-order valence-electron chi connectivity index (χ4n) is 3.06. The lowest BCUT2D eigenvalue weighted by atomic mass is 10.0. The molecule has 92 valence electrons. The number of anilines is 1. The summed E-state index contributed by atoms with van der Waals surface area (Å²) in [6.07, 6.45) is 6.58. The smallest absolute Gasteiger partial charge is 0.125 e. The van der Waals surface area contributed by atoms with Crippen LogP contribution >= 0.6 is 0 Å². The van der Waals surface area contributed by atoms with E-state index in [2.05, 4.69) is 30.0 Å². The van der Waals surface area contributed by atoms with Crippen molar-refractivity contribution >= 4 is 5.69 Å². The Morgan fingerprint density at radius 1 is 1.29 bits per heavy atom. The van der Waals surface area contributed by atoms with Gasteiger partial charge >= 0.3 is 0 Å². The number of benzene rings is 1. The molecule has 0 N–H and O–H groups in total. The molecular weight excluding hydrogens is 210 g/mol. The van der Waals surface area contributed by atoms with E-state index >= 15 is 0 Å². The summed E-state index contributed by atoms with van der Waals surface area (Å²) < 4.78 is 6.02. The van der Waals surface area contributed by atoms with Crippen LogP contribution in [0.4, 0.5) is 5.69 Å². The maximum absolute atomic E-state index is 6.02. The highest BCUT2D eigenvalue weighted by molar-refractivity contribution is 5.61. The van der Waals surface area contributed by atoms with Gasteiger partial charge in [0.15, 0.2) is 0 Å². The van der Waals surface area contributed by atoms with E-state index in [9.17, 15) is 0 Å². The van der Waals surface area contributed by atoms with Crippen molar-refractivity contribution in [1.29, 1.82) is 0 Å². The van der Waals surface area contributed by atoms with E-state index in [1.165, 1.54) is 50.0 Å². The molecule has 0 amide bonds. The van der Waals surface area contributed by atoms with Crippen LogP contribution in [0.3, 0.4) is 0 Å². The zero-order valence-electron chi connectivity index (χ0n) is 10.6. The molecule has 1 atom stereocenters. The topological polar surface area (TPSA) is 12.5 Å². The van der Waals surface area contributed by atoms with Crippen LogP contribution in [0, 0.1) is 0 Å². The Labute approximate surface area is 104 Å². The van der Waals surface area contributed by atoms with Gasteiger partial charge in [0.2, 0.25) is 0 Å². The molecule has 0 saturated carbocycles. The molecule has 2 nitrogen and oxygen atoms in total. The summed E-state index contributed by atoms with van der Waals surface area (Å²) in [5.74, 6) is 1.13. The molecule has 0 radical (unpaired) electrons. The molecule has 2 heteroatoms. The van der Waals surface area contributed by atoms with Crippen molar-refractivity contribution < 1.29 is 4.74 Å². The van der Waals surface area contributed by atoms with E-state index in [0.717, 1.165) is 12.2 Å². The normalized spacial score (nSPS) is 22.6. The quantitative estimate of drug-likeness (QED) is 0.790. The maximum atomic E-state index is 6.02. The van der Waals surface area contributed by atoms with E-state index in [-0.39, 0.29) is 0 Å². The summed E-state index contributed by atoms with van der Waals surface area (Å²) in [6.45, 7) is 4.66. The van der Waals surface area contributed by atoms with Crippen LogP contribution in [0.15, 0.2) is 18.2 Å². The first-order valence-electron chi connectivity index (χ1n) is 6.92. The number of hydrogen-bond donors (Lipinski definition) is 0. The fraction of sp³-hybridized carbons (Fsp3) is 0.600. The van der Waals surface area contributed by atoms with Gasteiger partial charge in [-0.2, -0.15) is 0 Å². The van der Waals surface area contributed by atoms with Gasteiger partial charge in [0.1, 0.15) is 11.9 Å². The van der Waals surface area contributed by atoms with Crippen molar-refractivity contribution in [2.75, 3.05) is 18.0 Å². The molecule has 1 aromatic rings. The highest BCUT2D eigenvalue weighted by atomic mass is 16.5. The minimum Gasteiger partial charge on any atom is -0.490 e. The van der Waals surface area contributed by atoms with E-state index < -0.39 is 0 Å². The second-order valence-electron chi connectivity index (χ2n) is 5.18. The zero-order valence-corrected chi connectivity index (χ0v) is 10.6. The molecule has 1 unspecified atom stereocenters. The SMILES string of the molecule is CCCC1Cc2c(cccc2N2CCCC2)O1. The van der Waals surface area contributed by atoms with E-state index in [1.54, 1.807) is 0 Å². The van der Waals surface area contributed by atoms with Crippen molar-refractivity contribution in [1.82, 2.24) is 0 Å². The Morgan fingerprint density at radius 3 is 2.88 bits per heavy atom. The van der Waals surface area contributed by atoms with Gasteiger partial charge in [0.05, 0.1) is 0 Å². The van der Waals surface area contributed by atoms with Gasteiger partial charge in [0, 0.05) is 30.8 Å². The van der Waals surface area contributed by atoms with Gasteiger partial charge in [-0.05, 0) is 31.4 Å². The number of hydrogen-bond acceptors (Lipinski definition) is 2. The summed E-state index contributed by atoms with van der Waals surface area (Å²) >= 11 is 0. The van der Waals surface area contributed by atoms with Crippen molar-refractivity contribution in [2.45, 2.75) is 45.1 Å². The predicted octanol–water partition coefficient (Wildman–Crippen LogP) is 3.39. The molecule has 1 saturated heterocycles. The van der Waals surface area contributed by atoms with E-state index in [1.807, 2.05) is 0 Å². The first-order valence-corrected chi connectivity index (χ1v) is 6.92. The third-order valence-corrected chi connectivity index (χ3v) is 3.89. The van der Waals surface area contributed by atoms with Crippen LogP contribution < -0.4 is 9.64 Å². The summed E-state index contributed by atoms with van der Waals surface area (Å²) in [6, 6.07) is 6.53. The minimum atomic E-state index is 0.416. The molecule has 0 spiro atoms. The molecule has 1 fully saturated rings. The third kappa shape index (κ3) is 2.01. The number of rotatable bonds is 3. The van der Waals surface area contributed by atoms with Crippen LogP contribution in [0.5, 0.6) is 5.75 Å². The predicted molar refractivity (Wildman–Crippen MR) is 70.9 cm³/mol. The molecule has 2 aliphatic rings. The molecule has 1 aromatic carbocycles. The first kappa shape index (κ1) is 10.9. The van der Waals surface area contributed by atoms with Gasteiger partial charge in [0.25, 0.3) is 0 Å². The second-order valence-corrected chi connectivity index (χ2v) is 5.18. The maximum Gasteiger partial charge on any atom is 0.125 e. The van der Waals surface area contributed by atoms with Crippen LogP contribution in [0.2, 0.25) is 0 Å². The summed E-state index contributed by atoms with van der Waals surface area (Å²) in [7, 11) is 0. The largest absolute Gasteiger partial charge is 0.490 e. The molecule has 2 aliphatic heterocycles. The van der Waals surface area contributed by atoms with Crippen LogP contribution in [-0.4, -0.2) is 19.2 Å². The minimum absolute atomic E-state index is 0.416. The van der Waals surface area contributed by atoms with Crippen molar-refractivity contribution in [3.63, 3.8) is 0 Å². The standard InChI is InChI=1S/C15H21NO/c1-2-6-12-11-13-14(16-9-3-4-10-16)7-5-8-15(13)17-12/h5,7-8,12H,2-4,6,9-11H2,1H3. The highest BCUT2D eigenvalue weighted by Crippen LogP contribution is 2.38. The monoisotopic (exact) mass is 231 g/mol. The summed E-state index contributed by atoms with van der Waals surface area (Å²) in [5, 5.41) is 0. The fourth-order valence-corrected chi connectivity index (χ4v) is 3.06. The number of fused-ring (bicyclic) bond motifs is 1. The van der Waals surface area contributed by atoms with Crippen LogP contribution in [0.25, 0.3) is 0 Å². The van der Waals surface area contributed by atoms with E-state index in [0.29, 0.717) is 6.10 Å². The Balaban J connectivity index is 1.85. The third-order valence-electron chi connectivity index (χ3n) is 3.89. The zero-order chi connectivity index (χ0) is 11.7. The van der Waals surface area contributed by atoms with Gasteiger partial charge in [-0.25, -0.2) is 0 Å². The lowest BCUT2D eigenvalue weighted by Crippen LogP contribution is -2.19. The Hall–Kier alpha value is -1.18. The molecule has 17 heavy (non-hydrogen) atoms. The number of ether oxygens (including phenoxy) is 1. The van der Waals surface area contributed by atoms with Crippen molar-refractivity contribution in [3.8, 4) is 5.75 Å². The van der Waals surface area contributed by atoms with Crippen molar-refractivity contribution in [2.24, 2.45) is 0 Å². The van der Waals surface area contributed by atoms with Crippen LogP contribution in [0.1, 0.15) is 38.2 Å². The number of nitrogens with zero attached hydrogens (tertiary/aromatic N) is 1. The summed E-state index contributed by atoms with van der Waals surface area (Å²) in [4.78, 5) is 2.52. The van der Waals surface area contributed by atoms with Gasteiger partial charge in [-0.1, -0.05) is 19.4 Å². The molecular formula is C15H21NO. The van der Waals surface area contributed by atoms with Crippen molar-refractivity contribution in [3.05, 3.63) is 23.8 Å². The lowest BCUT2D eigenvalue weighted by molar-refractivity contribution is 0.220. The first-order chi connectivity index (χ1) is 8.38. The second kappa shape index (κ2) is 4.59. The highest BCUT2D eigenvalue weighted by Gasteiger charge is 2.27. The van der Waals surface area contributed by atoms with Gasteiger partial charge < -0.3 is 9.64 Å². The average molecular weight is 231 g/mol. The van der Waals surface area contributed by atoms with Crippen LogP contribution in [-0.2, 0) is 6.42 Å². The van der Waals surface area contributed by atoms with Gasteiger partial charge in [-0.3, -0.25) is 0 Å². The lowest BCUT2D eigenvalue weighted by Gasteiger charge is -2.20. The molecule has 0 bridgehead atoms. The van der Waals surface area contributed by atoms with E-state index in [4.69, 9.17) is 4.74 Å². The average Bonchev–Trinajstić information content (AvgIpc) is 2.97. The van der Waals surface area contributed by atoms with Gasteiger partial charge in [-0.15, -0.1) is 0 Å². The Bertz CT molecular complexity index is 396. The Kier molecular flexibility index (Phi) is 2.96. The summed E-state index contributed by atoms with van der Waals surface area (Å²) in [5.41, 5.74) is 2.88. The molecule has 2 heterocycles. The molecule has 3 rings (SSSR count). The molecule has 0 aliphatic carbocycles.